The molecule has 0 aromatic carbocycles. The SMILES string of the molecule is COC(=O)[C@@H]1[C@H]2CC[C@H](C2)[C@@H]1C#N. The number of nitriles is 1. The van der Waals surface area contributed by atoms with Gasteiger partial charge in [-0.25, -0.2) is 0 Å². The third-order valence-corrected chi connectivity index (χ3v) is 3.54. The Morgan fingerprint density at radius 3 is 2.77 bits per heavy atom. The maximum absolute atomic E-state index is 11.4. The number of nitrogens with zero attached hydrogens (tertiary/aromatic N) is 1. The summed E-state index contributed by atoms with van der Waals surface area (Å²) in [7, 11) is 1.41. The lowest BCUT2D eigenvalue weighted by Crippen LogP contribution is -2.29. The smallest absolute Gasteiger partial charge is 0.310 e. The van der Waals surface area contributed by atoms with Crippen LogP contribution in [0.4, 0.5) is 0 Å². The lowest BCUT2D eigenvalue weighted by molar-refractivity contribution is -0.148. The highest BCUT2D eigenvalue weighted by Gasteiger charge is 2.51. The zero-order valence-corrected chi connectivity index (χ0v) is 7.69. The first-order valence-corrected chi connectivity index (χ1v) is 4.75. The molecule has 0 aromatic heterocycles. The molecule has 70 valence electrons. The molecule has 4 atom stereocenters. The van der Waals surface area contributed by atoms with E-state index >= 15 is 0 Å². The number of carbonyl (C=O) groups is 1. The van der Waals surface area contributed by atoms with Crippen LogP contribution < -0.4 is 0 Å². The van der Waals surface area contributed by atoms with Gasteiger partial charge in [-0.2, -0.15) is 5.26 Å². The minimum atomic E-state index is -0.182. The van der Waals surface area contributed by atoms with E-state index in [0.29, 0.717) is 11.8 Å². The molecule has 0 heterocycles. The Balaban J connectivity index is 2.19. The Morgan fingerprint density at radius 1 is 1.46 bits per heavy atom. The van der Waals surface area contributed by atoms with Crippen LogP contribution >= 0.6 is 0 Å². The number of rotatable bonds is 1. The Morgan fingerprint density at radius 2 is 2.15 bits per heavy atom. The molecule has 2 aliphatic rings. The third-order valence-electron chi connectivity index (χ3n) is 3.54. The fraction of sp³-hybridized carbons (Fsp3) is 0.800. The summed E-state index contributed by atoms with van der Waals surface area (Å²) < 4.78 is 4.73. The van der Waals surface area contributed by atoms with E-state index in [1.807, 2.05) is 0 Å². The van der Waals surface area contributed by atoms with Crippen molar-refractivity contribution in [1.82, 2.24) is 0 Å². The van der Waals surface area contributed by atoms with Gasteiger partial charge in [0.25, 0.3) is 0 Å². The van der Waals surface area contributed by atoms with Gasteiger partial charge in [-0.05, 0) is 31.1 Å². The molecule has 0 N–H and O–H groups in total. The minimum absolute atomic E-state index is 0.0776. The fourth-order valence-electron chi connectivity index (χ4n) is 2.95. The Kier molecular flexibility index (Phi) is 1.99. The third kappa shape index (κ3) is 1.13. The van der Waals surface area contributed by atoms with Crippen molar-refractivity contribution in [1.29, 1.82) is 5.26 Å². The van der Waals surface area contributed by atoms with Crippen molar-refractivity contribution < 1.29 is 9.53 Å². The summed E-state index contributed by atoms with van der Waals surface area (Å²) in [4.78, 5) is 11.4. The number of esters is 1. The van der Waals surface area contributed by atoms with E-state index in [-0.39, 0.29) is 17.8 Å². The highest BCUT2D eigenvalue weighted by Crippen LogP contribution is 2.52. The van der Waals surface area contributed by atoms with Crippen LogP contribution in [0.3, 0.4) is 0 Å². The first kappa shape index (κ1) is 8.55. The lowest BCUT2D eigenvalue weighted by Gasteiger charge is -2.23. The lowest BCUT2D eigenvalue weighted by atomic mass is 9.80. The normalized spacial score (nSPS) is 41.5. The summed E-state index contributed by atoms with van der Waals surface area (Å²) in [5.74, 6) is 0.486. The molecule has 2 bridgehead atoms. The average molecular weight is 179 g/mol. The van der Waals surface area contributed by atoms with Gasteiger partial charge in [0.05, 0.1) is 25.0 Å². The number of fused-ring (bicyclic) bond motifs is 2. The van der Waals surface area contributed by atoms with Crippen LogP contribution in [0.1, 0.15) is 19.3 Å². The molecule has 0 saturated heterocycles. The van der Waals surface area contributed by atoms with Crippen molar-refractivity contribution in [2.75, 3.05) is 7.11 Å². The van der Waals surface area contributed by atoms with Gasteiger partial charge in [0.1, 0.15) is 0 Å². The number of hydrogen-bond donors (Lipinski definition) is 0. The highest BCUT2D eigenvalue weighted by molar-refractivity contribution is 5.74. The van der Waals surface area contributed by atoms with E-state index in [1.165, 1.54) is 7.11 Å². The van der Waals surface area contributed by atoms with Gasteiger partial charge >= 0.3 is 5.97 Å². The van der Waals surface area contributed by atoms with Crippen LogP contribution in [0.15, 0.2) is 0 Å². The fourth-order valence-corrected chi connectivity index (χ4v) is 2.95. The van der Waals surface area contributed by atoms with Crippen LogP contribution in [0.2, 0.25) is 0 Å². The number of ether oxygens (including phenoxy) is 1. The zero-order valence-electron chi connectivity index (χ0n) is 7.69. The summed E-state index contributed by atoms with van der Waals surface area (Å²) in [6.07, 6.45) is 3.27. The molecule has 0 aliphatic heterocycles. The predicted octanol–water partition coefficient (Wildman–Crippen LogP) is 1.35. The summed E-state index contributed by atoms with van der Waals surface area (Å²) in [5.41, 5.74) is 0. The molecule has 3 heteroatoms. The van der Waals surface area contributed by atoms with E-state index < -0.39 is 0 Å². The van der Waals surface area contributed by atoms with E-state index in [0.717, 1.165) is 19.3 Å². The van der Waals surface area contributed by atoms with E-state index in [4.69, 9.17) is 10.00 Å². The van der Waals surface area contributed by atoms with E-state index in [1.54, 1.807) is 0 Å². The monoisotopic (exact) mass is 179 g/mol. The second-order valence-corrected chi connectivity index (χ2v) is 4.04. The molecule has 0 amide bonds. The summed E-state index contributed by atoms with van der Waals surface area (Å²) >= 11 is 0. The zero-order chi connectivity index (χ0) is 9.42. The van der Waals surface area contributed by atoms with Gasteiger partial charge in [0.2, 0.25) is 0 Å². The maximum Gasteiger partial charge on any atom is 0.310 e. The van der Waals surface area contributed by atoms with Crippen molar-refractivity contribution in [2.24, 2.45) is 23.7 Å². The first-order valence-electron chi connectivity index (χ1n) is 4.75. The van der Waals surface area contributed by atoms with Crippen LogP contribution in [0.5, 0.6) is 0 Å². The highest BCUT2D eigenvalue weighted by atomic mass is 16.5. The predicted molar refractivity (Wildman–Crippen MR) is 45.4 cm³/mol. The van der Waals surface area contributed by atoms with Gasteiger partial charge in [-0.15, -0.1) is 0 Å². The second kappa shape index (κ2) is 3.02. The van der Waals surface area contributed by atoms with Crippen LogP contribution in [0, 0.1) is 35.0 Å². The first-order chi connectivity index (χ1) is 6.27. The number of methoxy groups -OCH3 is 1. The molecule has 2 aliphatic carbocycles. The topological polar surface area (TPSA) is 50.1 Å². The van der Waals surface area contributed by atoms with E-state index in [9.17, 15) is 4.79 Å². The van der Waals surface area contributed by atoms with Crippen LogP contribution in [-0.4, -0.2) is 13.1 Å². The van der Waals surface area contributed by atoms with Gasteiger partial charge in [0.15, 0.2) is 0 Å². The standard InChI is InChI=1S/C10H13NO2/c1-13-10(12)9-7-3-2-6(4-7)8(9)5-11/h6-9H,2-4H2,1H3/t6-,7+,8+,9-/m1/s1. The molecule has 0 unspecified atom stereocenters. The van der Waals surface area contributed by atoms with E-state index in [2.05, 4.69) is 6.07 Å². The van der Waals surface area contributed by atoms with Crippen molar-refractivity contribution in [2.45, 2.75) is 19.3 Å². The summed E-state index contributed by atoms with van der Waals surface area (Å²) in [6, 6.07) is 2.26. The van der Waals surface area contributed by atoms with Crippen LogP contribution in [0.25, 0.3) is 0 Å². The molecule has 0 aromatic rings. The molecule has 13 heavy (non-hydrogen) atoms. The summed E-state index contributed by atoms with van der Waals surface area (Å²) in [5, 5.41) is 8.95. The number of hydrogen-bond acceptors (Lipinski definition) is 3. The molecule has 2 saturated carbocycles. The van der Waals surface area contributed by atoms with Crippen molar-refractivity contribution >= 4 is 5.97 Å². The molecule has 3 nitrogen and oxygen atoms in total. The van der Waals surface area contributed by atoms with Crippen molar-refractivity contribution in [3.63, 3.8) is 0 Å². The molecular weight excluding hydrogens is 166 g/mol. The maximum atomic E-state index is 11.4. The molecule has 0 radical (unpaired) electrons. The quantitative estimate of drug-likeness (QED) is 0.571. The van der Waals surface area contributed by atoms with Gasteiger partial charge < -0.3 is 4.74 Å². The molecule has 2 rings (SSSR count). The van der Waals surface area contributed by atoms with Gasteiger partial charge in [0, 0.05) is 0 Å². The minimum Gasteiger partial charge on any atom is -0.469 e. The van der Waals surface area contributed by atoms with Gasteiger partial charge in [-0.1, -0.05) is 0 Å². The Labute approximate surface area is 77.7 Å². The average Bonchev–Trinajstić information content (AvgIpc) is 2.74. The number of carbonyl (C=O) groups excluding carboxylic acids is 1. The van der Waals surface area contributed by atoms with Crippen LogP contribution in [-0.2, 0) is 9.53 Å². The second-order valence-electron chi connectivity index (χ2n) is 4.04. The molecule has 0 spiro atoms. The summed E-state index contributed by atoms with van der Waals surface area (Å²) in [6.45, 7) is 0. The molecular formula is C10H13NO2. The Bertz CT molecular complexity index is 269. The molecule has 2 fully saturated rings. The largest absolute Gasteiger partial charge is 0.469 e. The van der Waals surface area contributed by atoms with Crippen molar-refractivity contribution in [3.8, 4) is 6.07 Å². The Hall–Kier alpha value is -1.04. The van der Waals surface area contributed by atoms with Crippen molar-refractivity contribution in [3.05, 3.63) is 0 Å². The van der Waals surface area contributed by atoms with Gasteiger partial charge in [-0.3, -0.25) is 4.79 Å².